The molecular formula is C30H36Cl2N6O4. The smallest absolute Gasteiger partial charge is 0.303 e. The van der Waals surface area contributed by atoms with Crippen LogP contribution in [0.5, 0.6) is 11.6 Å². The highest BCUT2D eigenvalue weighted by molar-refractivity contribution is 6.35. The van der Waals surface area contributed by atoms with Crippen molar-refractivity contribution in [3.8, 4) is 22.9 Å². The number of piperidine rings is 1. The molecule has 2 aliphatic rings. The first-order valence-corrected chi connectivity index (χ1v) is 15.0. The highest BCUT2D eigenvalue weighted by Gasteiger charge is 2.23. The van der Waals surface area contributed by atoms with Crippen LogP contribution in [0.15, 0.2) is 42.7 Å². The fraction of sp³-hybridized carbons (Fsp3) is 0.467. The van der Waals surface area contributed by atoms with E-state index in [9.17, 15) is 9.90 Å². The molecule has 2 fully saturated rings. The SMILES string of the molecule is CC(O)CN1CCN(c2ncc(Oc3cc(CN4CCC(CC(=O)O)CC4)cc(-c4cc(Cl)cc(Cl)c4)n3)cn2)CC1. The molecule has 1 aromatic carbocycles. The number of hydrogen-bond acceptors (Lipinski definition) is 9. The lowest BCUT2D eigenvalue weighted by Gasteiger charge is -2.35. The normalized spacial score (nSPS) is 17.8. The lowest BCUT2D eigenvalue weighted by atomic mass is 9.93. The number of carboxylic acids is 1. The van der Waals surface area contributed by atoms with E-state index in [4.69, 9.17) is 38.0 Å². The molecule has 0 amide bonds. The van der Waals surface area contributed by atoms with Gasteiger partial charge in [-0.1, -0.05) is 23.2 Å². The van der Waals surface area contributed by atoms with Crippen molar-refractivity contribution in [3.05, 3.63) is 58.3 Å². The van der Waals surface area contributed by atoms with Gasteiger partial charge in [0.1, 0.15) is 0 Å². The summed E-state index contributed by atoms with van der Waals surface area (Å²) in [6, 6.07) is 9.24. The van der Waals surface area contributed by atoms with Gasteiger partial charge in [-0.15, -0.1) is 0 Å². The third-order valence-electron chi connectivity index (χ3n) is 7.61. The molecule has 5 rings (SSSR count). The molecule has 224 valence electrons. The third kappa shape index (κ3) is 8.52. The van der Waals surface area contributed by atoms with Crippen LogP contribution in [0.4, 0.5) is 5.95 Å². The topological polar surface area (TPSA) is 115 Å². The van der Waals surface area contributed by atoms with Gasteiger partial charge in [0.05, 0.1) is 24.2 Å². The van der Waals surface area contributed by atoms with Crippen LogP contribution < -0.4 is 9.64 Å². The minimum Gasteiger partial charge on any atom is -0.481 e. The molecule has 42 heavy (non-hydrogen) atoms. The number of β-amino-alcohol motifs (C(OH)–C–C–N with tert-alkyl or cyclic N) is 1. The predicted molar refractivity (Wildman–Crippen MR) is 162 cm³/mol. The number of carboxylic acid groups (broad SMARTS) is 1. The minimum absolute atomic E-state index is 0.218. The second-order valence-electron chi connectivity index (χ2n) is 11.1. The van der Waals surface area contributed by atoms with Gasteiger partial charge in [-0.3, -0.25) is 14.6 Å². The quantitative estimate of drug-likeness (QED) is 0.329. The van der Waals surface area contributed by atoms with Crippen LogP contribution in [0.3, 0.4) is 0 Å². The Labute approximate surface area is 255 Å². The Morgan fingerprint density at radius 1 is 0.976 bits per heavy atom. The number of aliphatic carboxylic acids is 1. The van der Waals surface area contributed by atoms with E-state index in [1.807, 2.05) is 24.3 Å². The zero-order chi connectivity index (χ0) is 29.6. The number of benzene rings is 1. The highest BCUT2D eigenvalue weighted by atomic mass is 35.5. The molecule has 1 atom stereocenters. The Balaban J connectivity index is 1.30. The molecule has 3 aromatic rings. The minimum atomic E-state index is -0.735. The number of pyridine rings is 1. The average molecular weight is 616 g/mol. The molecule has 1 unspecified atom stereocenters. The van der Waals surface area contributed by atoms with E-state index in [0.29, 0.717) is 46.4 Å². The molecule has 2 aliphatic heterocycles. The summed E-state index contributed by atoms with van der Waals surface area (Å²) in [6.45, 7) is 8.07. The van der Waals surface area contributed by atoms with Crippen LogP contribution in [0.1, 0.15) is 31.7 Å². The summed E-state index contributed by atoms with van der Waals surface area (Å²) in [4.78, 5) is 31.6. The first kappa shape index (κ1) is 30.4. The molecule has 2 aromatic heterocycles. The molecule has 0 bridgehead atoms. The fourth-order valence-corrected chi connectivity index (χ4v) is 6.08. The lowest BCUT2D eigenvalue weighted by molar-refractivity contribution is -0.138. The summed E-state index contributed by atoms with van der Waals surface area (Å²) in [7, 11) is 0. The maximum atomic E-state index is 11.1. The summed E-state index contributed by atoms with van der Waals surface area (Å²) in [6.07, 6.45) is 4.90. The number of likely N-dealkylation sites (tertiary alicyclic amines) is 1. The van der Waals surface area contributed by atoms with E-state index in [2.05, 4.69) is 24.7 Å². The van der Waals surface area contributed by atoms with Crippen LogP contribution in [0.25, 0.3) is 11.3 Å². The average Bonchev–Trinajstić information content (AvgIpc) is 2.94. The number of ether oxygens (including phenoxy) is 1. The first-order valence-electron chi connectivity index (χ1n) is 14.3. The van der Waals surface area contributed by atoms with E-state index in [1.165, 1.54) is 0 Å². The molecule has 10 nitrogen and oxygen atoms in total. The summed E-state index contributed by atoms with van der Waals surface area (Å²) in [5, 5.41) is 19.8. The third-order valence-corrected chi connectivity index (χ3v) is 8.05. The lowest BCUT2D eigenvalue weighted by Crippen LogP contribution is -2.48. The Hall–Kier alpha value is -3.02. The van der Waals surface area contributed by atoms with E-state index < -0.39 is 5.97 Å². The number of aromatic nitrogens is 3. The van der Waals surface area contributed by atoms with Crippen molar-refractivity contribution in [2.24, 2.45) is 5.92 Å². The van der Waals surface area contributed by atoms with Crippen LogP contribution in [-0.4, -0.2) is 92.9 Å². The van der Waals surface area contributed by atoms with E-state index >= 15 is 0 Å². The molecule has 0 saturated carbocycles. The molecule has 0 aliphatic carbocycles. The van der Waals surface area contributed by atoms with E-state index in [-0.39, 0.29) is 18.4 Å². The molecular weight excluding hydrogens is 579 g/mol. The van der Waals surface area contributed by atoms with Crippen LogP contribution in [-0.2, 0) is 11.3 Å². The zero-order valence-electron chi connectivity index (χ0n) is 23.6. The van der Waals surface area contributed by atoms with Gasteiger partial charge in [0.25, 0.3) is 0 Å². The first-order chi connectivity index (χ1) is 20.2. The van der Waals surface area contributed by atoms with Gasteiger partial charge >= 0.3 is 5.97 Å². The number of anilines is 1. The molecule has 0 spiro atoms. The Bertz CT molecular complexity index is 1340. The Morgan fingerprint density at radius 3 is 2.26 bits per heavy atom. The van der Waals surface area contributed by atoms with Crippen molar-refractivity contribution in [1.29, 1.82) is 0 Å². The number of piperazine rings is 1. The highest BCUT2D eigenvalue weighted by Crippen LogP contribution is 2.31. The molecule has 2 N–H and O–H groups in total. The summed E-state index contributed by atoms with van der Waals surface area (Å²) >= 11 is 12.6. The molecule has 12 heteroatoms. The molecule has 2 saturated heterocycles. The fourth-order valence-electron chi connectivity index (χ4n) is 5.56. The van der Waals surface area contributed by atoms with Gasteiger partial charge in [0.2, 0.25) is 11.8 Å². The van der Waals surface area contributed by atoms with Gasteiger partial charge in [-0.25, -0.2) is 15.0 Å². The summed E-state index contributed by atoms with van der Waals surface area (Å²) < 4.78 is 6.15. The number of aliphatic hydroxyl groups excluding tert-OH is 1. The number of carbonyl (C=O) groups is 1. The van der Waals surface area contributed by atoms with Crippen molar-refractivity contribution in [2.45, 2.75) is 38.8 Å². The number of halogens is 2. The van der Waals surface area contributed by atoms with Gasteiger partial charge in [-0.2, -0.15) is 0 Å². The molecule has 0 radical (unpaired) electrons. The van der Waals surface area contributed by atoms with Crippen molar-refractivity contribution in [3.63, 3.8) is 0 Å². The van der Waals surface area contributed by atoms with E-state index in [1.54, 1.807) is 25.4 Å². The summed E-state index contributed by atoms with van der Waals surface area (Å²) in [5.74, 6) is 1.00. The van der Waals surface area contributed by atoms with Crippen molar-refractivity contribution in [2.75, 3.05) is 50.7 Å². The van der Waals surface area contributed by atoms with Crippen molar-refractivity contribution < 1.29 is 19.7 Å². The van der Waals surface area contributed by atoms with Crippen molar-refractivity contribution >= 4 is 35.1 Å². The van der Waals surface area contributed by atoms with Crippen LogP contribution in [0.2, 0.25) is 10.0 Å². The number of rotatable bonds is 10. The van der Waals surface area contributed by atoms with Gasteiger partial charge in [-0.05, 0) is 68.6 Å². The van der Waals surface area contributed by atoms with Crippen LogP contribution >= 0.6 is 23.2 Å². The van der Waals surface area contributed by atoms with Crippen molar-refractivity contribution in [1.82, 2.24) is 24.8 Å². The Kier molecular flexibility index (Phi) is 10.1. The van der Waals surface area contributed by atoms with Gasteiger partial charge in [0, 0.05) is 67.4 Å². The number of hydrogen-bond donors (Lipinski definition) is 2. The second kappa shape index (κ2) is 14.0. The number of aliphatic hydroxyl groups is 1. The Morgan fingerprint density at radius 2 is 1.64 bits per heavy atom. The summed E-state index contributed by atoms with van der Waals surface area (Å²) in [5.41, 5.74) is 2.47. The largest absolute Gasteiger partial charge is 0.481 e. The van der Waals surface area contributed by atoms with Crippen LogP contribution in [0, 0.1) is 5.92 Å². The maximum Gasteiger partial charge on any atom is 0.303 e. The zero-order valence-corrected chi connectivity index (χ0v) is 25.1. The monoisotopic (exact) mass is 614 g/mol. The maximum absolute atomic E-state index is 11.1. The standard InChI is InChI=1S/C30H36Cl2N6O4/c1-20(39)18-37-6-8-38(9-7-37)30-33-16-26(17-34-30)42-28-11-22(19-36-4-2-21(3-5-36)12-29(40)41)10-27(35-28)23-13-24(31)15-25(32)14-23/h10-11,13-17,20-21,39H,2-9,12,18-19H2,1H3,(H,40,41). The van der Waals surface area contributed by atoms with E-state index in [0.717, 1.165) is 63.2 Å². The second-order valence-corrected chi connectivity index (χ2v) is 12.0. The molecule has 4 heterocycles. The van der Waals surface area contributed by atoms with Gasteiger partial charge in [0.15, 0.2) is 5.75 Å². The van der Waals surface area contributed by atoms with Gasteiger partial charge < -0.3 is 19.8 Å². The number of nitrogens with zero attached hydrogens (tertiary/aromatic N) is 6. The predicted octanol–water partition coefficient (Wildman–Crippen LogP) is 4.83.